The van der Waals surface area contributed by atoms with Crippen molar-refractivity contribution in [1.82, 2.24) is 14.9 Å². The summed E-state index contributed by atoms with van der Waals surface area (Å²) in [7, 11) is 0. The predicted molar refractivity (Wildman–Crippen MR) is 78.0 cm³/mol. The normalized spacial score (nSPS) is 15.7. The second kappa shape index (κ2) is 6.35. The maximum Gasteiger partial charge on any atom is 0.253 e. The number of amides is 1. The molecule has 0 saturated carbocycles. The zero-order valence-corrected chi connectivity index (χ0v) is 11.7. The van der Waals surface area contributed by atoms with Crippen molar-refractivity contribution in [3.8, 4) is 5.75 Å². The summed E-state index contributed by atoms with van der Waals surface area (Å²) in [6.45, 7) is 1.43. The molecule has 21 heavy (non-hydrogen) atoms. The van der Waals surface area contributed by atoms with Gasteiger partial charge >= 0.3 is 0 Å². The first-order chi connectivity index (χ1) is 10.3. The van der Waals surface area contributed by atoms with Crippen LogP contribution in [0, 0.1) is 0 Å². The molecule has 0 unspecified atom stereocenters. The molecule has 1 fully saturated rings. The number of likely N-dealkylation sites (tertiary alicyclic amines) is 1. The average Bonchev–Trinajstić information content (AvgIpc) is 2.57. The van der Waals surface area contributed by atoms with Crippen molar-refractivity contribution in [3.63, 3.8) is 0 Å². The summed E-state index contributed by atoms with van der Waals surface area (Å²) in [5.74, 6) is 0.855. The molecule has 0 spiro atoms. The van der Waals surface area contributed by atoms with Gasteiger partial charge in [-0.15, -0.1) is 0 Å². The summed E-state index contributed by atoms with van der Waals surface area (Å²) < 4.78 is 5.88. The minimum absolute atomic E-state index is 0.0669. The van der Waals surface area contributed by atoms with Gasteiger partial charge in [0.25, 0.3) is 5.91 Å². The van der Waals surface area contributed by atoms with Crippen LogP contribution in [-0.4, -0.2) is 40.0 Å². The highest BCUT2D eigenvalue weighted by molar-refractivity contribution is 5.94. The van der Waals surface area contributed by atoms with Crippen molar-refractivity contribution in [2.75, 3.05) is 13.1 Å². The van der Waals surface area contributed by atoms with E-state index in [9.17, 15) is 4.79 Å². The molecule has 0 N–H and O–H groups in total. The summed E-state index contributed by atoms with van der Waals surface area (Å²) in [5.41, 5.74) is 0.691. The number of rotatable bonds is 3. The first-order valence-electron chi connectivity index (χ1n) is 7.09. The van der Waals surface area contributed by atoms with Crippen LogP contribution in [0.2, 0.25) is 0 Å². The Morgan fingerprint density at radius 3 is 2.52 bits per heavy atom. The molecule has 0 radical (unpaired) electrons. The topological polar surface area (TPSA) is 55.3 Å². The molecule has 5 nitrogen and oxygen atoms in total. The van der Waals surface area contributed by atoms with Crippen molar-refractivity contribution in [3.05, 3.63) is 54.6 Å². The number of piperidine rings is 1. The lowest BCUT2D eigenvalue weighted by Gasteiger charge is -2.32. The van der Waals surface area contributed by atoms with Crippen LogP contribution in [0.1, 0.15) is 23.2 Å². The Kier molecular flexibility index (Phi) is 4.09. The van der Waals surface area contributed by atoms with Gasteiger partial charge < -0.3 is 9.64 Å². The van der Waals surface area contributed by atoms with Crippen LogP contribution in [0.4, 0.5) is 0 Å². The van der Waals surface area contributed by atoms with Crippen molar-refractivity contribution >= 4 is 5.91 Å². The van der Waals surface area contributed by atoms with E-state index in [0.29, 0.717) is 18.7 Å². The third-order valence-electron chi connectivity index (χ3n) is 3.59. The minimum Gasteiger partial charge on any atom is -0.489 e. The van der Waals surface area contributed by atoms with Gasteiger partial charge in [0, 0.05) is 50.1 Å². The van der Waals surface area contributed by atoms with Gasteiger partial charge in [0.05, 0.1) is 6.20 Å². The van der Waals surface area contributed by atoms with E-state index in [4.69, 9.17) is 4.74 Å². The largest absolute Gasteiger partial charge is 0.489 e. The number of nitrogens with zero attached hydrogens (tertiary/aromatic N) is 3. The zero-order chi connectivity index (χ0) is 14.5. The van der Waals surface area contributed by atoms with Crippen LogP contribution in [-0.2, 0) is 0 Å². The molecule has 2 aromatic heterocycles. The molecule has 1 aliphatic heterocycles. The summed E-state index contributed by atoms with van der Waals surface area (Å²) in [6.07, 6.45) is 8.56. The van der Waals surface area contributed by atoms with Crippen molar-refractivity contribution in [2.24, 2.45) is 0 Å². The maximum absolute atomic E-state index is 12.3. The van der Waals surface area contributed by atoms with E-state index in [0.717, 1.165) is 18.6 Å². The van der Waals surface area contributed by atoms with Gasteiger partial charge in [0.1, 0.15) is 11.9 Å². The lowest BCUT2D eigenvalue weighted by molar-refractivity contribution is 0.0595. The van der Waals surface area contributed by atoms with Gasteiger partial charge in [0.15, 0.2) is 0 Å². The predicted octanol–water partition coefficient (Wildman–Crippen LogP) is 2.16. The highest BCUT2D eigenvalue weighted by atomic mass is 16.5. The van der Waals surface area contributed by atoms with Gasteiger partial charge in [0.2, 0.25) is 0 Å². The third-order valence-corrected chi connectivity index (χ3v) is 3.59. The van der Waals surface area contributed by atoms with Crippen LogP contribution in [0.5, 0.6) is 5.75 Å². The maximum atomic E-state index is 12.3. The highest BCUT2D eigenvalue weighted by Crippen LogP contribution is 2.19. The summed E-state index contributed by atoms with van der Waals surface area (Å²) >= 11 is 0. The zero-order valence-electron chi connectivity index (χ0n) is 11.7. The Bertz CT molecular complexity index is 581. The number of hydrogen-bond donors (Lipinski definition) is 0. The number of carbonyl (C=O) groups excluding carboxylic acids is 1. The fourth-order valence-corrected chi connectivity index (χ4v) is 2.46. The van der Waals surface area contributed by atoms with E-state index < -0.39 is 0 Å². The van der Waals surface area contributed by atoms with Crippen LogP contribution in [0.15, 0.2) is 49.1 Å². The molecule has 0 aromatic carbocycles. The number of aromatic nitrogens is 2. The third kappa shape index (κ3) is 3.37. The monoisotopic (exact) mass is 283 g/mol. The second-order valence-electron chi connectivity index (χ2n) is 5.03. The standard InChI is InChI=1S/C16H17N3O2/c20-16(13-3-8-17-9-4-13)19-10-5-14(6-11-19)21-15-2-1-7-18-12-15/h1-4,7-9,12,14H,5-6,10-11H2. The molecule has 0 bridgehead atoms. The van der Waals surface area contributed by atoms with E-state index in [2.05, 4.69) is 9.97 Å². The van der Waals surface area contributed by atoms with Gasteiger partial charge in [-0.3, -0.25) is 14.8 Å². The molecule has 3 rings (SSSR count). The lowest BCUT2D eigenvalue weighted by Crippen LogP contribution is -2.41. The van der Waals surface area contributed by atoms with Crippen molar-refractivity contribution < 1.29 is 9.53 Å². The first kappa shape index (κ1) is 13.5. The molecule has 0 atom stereocenters. The highest BCUT2D eigenvalue weighted by Gasteiger charge is 2.24. The average molecular weight is 283 g/mol. The van der Waals surface area contributed by atoms with Gasteiger partial charge in [-0.05, 0) is 24.3 Å². The Morgan fingerprint density at radius 1 is 1.10 bits per heavy atom. The van der Waals surface area contributed by atoms with Crippen LogP contribution in [0.3, 0.4) is 0 Å². The molecule has 1 saturated heterocycles. The molecule has 1 amide bonds. The Labute approximate surface area is 123 Å². The Morgan fingerprint density at radius 2 is 1.86 bits per heavy atom. The van der Waals surface area contributed by atoms with Crippen LogP contribution >= 0.6 is 0 Å². The summed E-state index contributed by atoms with van der Waals surface area (Å²) in [4.78, 5) is 22.2. The van der Waals surface area contributed by atoms with E-state index in [1.54, 1.807) is 36.9 Å². The van der Waals surface area contributed by atoms with Gasteiger partial charge in [-0.2, -0.15) is 0 Å². The molecule has 0 aliphatic carbocycles. The number of ether oxygens (including phenoxy) is 1. The smallest absolute Gasteiger partial charge is 0.253 e. The molecule has 1 aliphatic rings. The Hall–Kier alpha value is -2.43. The SMILES string of the molecule is O=C(c1ccncc1)N1CCC(Oc2cccnc2)CC1. The van der Waals surface area contributed by atoms with Crippen molar-refractivity contribution in [2.45, 2.75) is 18.9 Å². The number of hydrogen-bond acceptors (Lipinski definition) is 4. The molecular weight excluding hydrogens is 266 g/mol. The molecule has 3 heterocycles. The van der Waals surface area contributed by atoms with Gasteiger partial charge in [-0.25, -0.2) is 0 Å². The van der Waals surface area contributed by atoms with Crippen LogP contribution in [0.25, 0.3) is 0 Å². The van der Waals surface area contributed by atoms with E-state index in [1.807, 2.05) is 17.0 Å². The number of carbonyl (C=O) groups is 1. The molecule has 108 valence electrons. The summed E-state index contributed by atoms with van der Waals surface area (Å²) in [6, 6.07) is 7.26. The first-order valence-corrected chi connectivity index (χ1v) is 7.09. The quantitative estimate of drug-likeness (QED) is 0.866. The second-order valence-corrected chi connectivity index (χ2v) is 5.03. The van der Waals surface area contributed by atoms with E-state index >= 15 is 0 Å². The van der Waals surface area contributed by atoms with Gasteiger partial charge in [-0.1, -0.05) is 0 Å². The van der Waals surface area contributed by atoms with E-state index in [1.165, 1.54) is 0 Å². The van der Waals surface area contributed by atoms with Crippen molar-refractivity contribution in [1.29, 1.82) is 0 Å². The number of pyridine rings is 2. The summed E-state index contributed by atoms with van der Waals surface area (Å²) in [5, 5.41) is 0. The molecule has 2 aromatic rings. The fraction of sp³-hybridized carbons (Fsp3) is 0.312. The molecular formula is C16H17N3O2. The molecule has 5 heteroatoms. The lowest BCUT2D eigenvalue weighted by atomic mass is 10.1. The fourth-order valence-electron chi connectivity index (χ4n) is 2.46. The Balaban J connectivity index is 1.54. The van der Waals surface area contributed by atoms with E-state index in [-0.39, 0.29) is 12.0 Å². The van der Waals surface area contributed by atoms with Crippen LogP contribution < -0.4 is 4.74 Å². The minimum atomic E-state index is 0.0669.